The van der Waals surface area contributed by atoms with E-state index >= 15 is 0 Å². The van der Waals surface area contributed by atoms with Crippen LogP contribution in [-0.2, 0) is 16.6 Å². The van der Waals surface area contributed by atoms with Crippen molar-refractivity contribution in [2.75, 3.05) is 19.7 Å². The van der Waals surface area contributed by atoms with Crippen LogP contribution in [0.2, 0.25) is 0 Å². The highest BCUT2D eigenvalue weighted by Gasteiger charge is 2.31. The fourth-order valence-corrected chi connectivity index (χ4v) is 3.69. The molecule has 0 aliphatic carbocycles. The molecule has 0 N–H and O–H groups in total. The van der Waals surface area contributed by atoms with Crippen LogP contribution in [-0.4, -0.2) is 61.0 Å². The first-order chi connectivity index (χ1) is 16.3. The Labute approximate surface area is 193 Å². The highest BCUT2D eigenvalue weighted by molar-refractivity contribution is 5.90. The van der Waals surface area contributed by atoms with Crippen LogP contribution in [0.4, 0.5) is 0 Å². The van der Waals surface area contributed by atoms with Crippen molar-refractivity contribution in [3.05, 3.63) is 56.6 Å². The molecule has 0 bridgehead atoms. The SMILES string of the molecule is CCOC(=O)C1CCN(C(=O)c2nc(-c3nn(-c4ccc(C)cc4)c(=O)n(C)c3=O)no2)CC1. The summed E-state index contributed by atoms with van der Waals surface area (Å²) in [5.74, 6) is -1.53. The van der Waals surface area contributed by atoms with Gasteiger partial charge in [-0.1, -0.05) is 22.9 Å². The summed E-state index contributed by atoms with van der Waals surface area (Å²) in [5.41, 5.74) is -0.136. The van der Waals surface area contributed by atoms with Gasteiger partial charge in [0, 0.05) is 20.1 Å². The third-order valence-corrected chi connectivity index (χ3v) is 5.68. The Balaban J connectivity index is 1.58. The Bertz CT molecular complexity index is 1330. The van der Waals surface area contributed by atoms with Crippen molar-refractivity contribution in [2.45, 2.75) is 26.7 Å². The number of carbonyl (C=O) groups excluding carboxylic acids is 2. The molecule has 34 heavy (non-hydrogen) atoms. The Morgan fingerprint density at radius 1 is 1.15 bits per heavy atom. The highest BCUT2D eigenvalue weighted by atomic mass is 16.5. The first kappa shape index (κ1) is 23.1. The van der Waals surface area contributed by atoms with Crippen LogP contribution in [0.1, 0.15) is 36.0 Å². The van der Waals surface area contributed by atoms with E-state index in [4.69, 9.17) is 9.26 Å². The number of amides is 1. The molecule has 178 valence electrons. The highest BCUT2D eigenvalue weighted by Crippen LogP contribution is 2.20. The summed E-state index contributed by atoms with van der Waals surface area (Å²) < 4.78 is 12.1. The number of aryl methyl sites for hydroxylation is 1. The van der Waals surface area contributed by atoms with Crippen molar-refractivity contribution in [2.24, 2.45) is 13.0 Å². The number of rotatable bonds is 5. The zero-order valence-electron chi connectivity index (χ0n) is 19.1. The predicted octanol–water partition coefficient (Wildman–Crippen LogP) is 0.705. The molecule has 3 heterocycles. The quantitative estimate of drug-likeness (QED) is 0.495. The largest absolute Gasteiger partial charge is 0.466 e. The van der Waals surface area contributed by atoms with Crippen molar-refractivity contribution >= 4 is 11.9 Å². The molecule has 2 aromatic heterocycles. The van der Waals surface area contributed by atoms with Gasteiger partial charge >= 0.3 is 23.5 Å². The standard InChI is InChI=1S/C22H24N6O6/c1-4-33-21(31)14-9-11-27(12-10-14)20(30)18-23-17(25-34-18)16-19(29)26(3)22(32)28(24-16)15-7-5-13(2)6-8-15/h5-8,14H,4,9-12H2,1-3H3. The smallest absolute Gasteiger partial charge is 0.351 e. The molecule has 1 aliphatic rings. The molecule has 1 aromatic carbocycles. The van der Waals surface area contributed by atoms with Crippen LogP contribution >= 0.6 is 0 Å². The number of ether oxygens (including phenoxy) is 1. The summed E-state index contributed by atoms with van der Waals surface area (Å²) in [6.07, 6.45) is 0.935. The molecule has 1 amide bonds. The maximum absolute atomic E-state index is 12.8. The number of benzene rings is 1. The lowest BCUT2D eigenvalue weighted by molar-refractivity contribution is -0.149. The topological polar surface area (TPSA) is 142 Å². The van der Waals surface area contributed by atoms with Gasteiger partial charge in [-0.25, -0.2) is 4.79 Å². The van der Waals surface area contributed by atoms with Gasteiger partial charge in [0.05, 0.1) is 18.2 Å². The van der Waals surface area contributed by atoms with Gasteiger partial charge in [0.15, 0.2) is 5.69 Å². The third-order valence-electron chi connectivity index (χ3n) is 5.68. The number of nitrogens with zero attached hydrogens (tertiary/aromatic N) is 6. The van der Waals surface area contributed by atoms with Crippen molar-refractivity contribution in [1.82, 2.24) is 29.4 Å². The van der Waals surface area contributed by atoms with E-state index in [1.807, 2.05) is 19.1 Å². The number of hydrogen-bond acceptors (Lipinski definition) is 9. The first-order valence-electron chi connectivity index (χ1n) is 10.9. The molecule has 0 spiro atoms. The van der Waals surface area contributed by atoms with Gasteiger partial charge in [0.1, 0.15) is 0 Å². The van der Waals surface area contributed by atoms with E-state index in [2.05, 4.69) is 15.2 Å². The number of likely N-dealkylation sites (tertiary alicyclic amines) is 1. The van der Waals surface area contributed by atoms with E-state index in [1.165, 1.54) is 11.9 Å². The summed E-state index contributed by atoms with van der Waals surface area (Å²) in [5, 5.41) is 7.90. The number of esters is 1. The number of piperidine rings is 1. The fraction of sp³-hybridized carbons (Fsp3) is 0.409. The van der Waals surface area contributed by atoms with Crippen LogP contribution in [0, 0.1) is 12.8 Å². The summed E-state index contributed by atoms with van der Waals surface area (Å²) >= 11 is 0. The van der Waals surface area contributed by atoms with E-state index in [9.17, 15) is 19.2 Å². The van der Waals surface area contributed by atoms with Crippen LogP contribution in [0.25, 0.3) is 17.2 Å². The zero-order valence-corrected chi connectivity index (χ0v) is 19.1. The Kier molecular flexibility index (Phi) is 6.39. The van der Waals surface area contributed by atoms with Crippen LogP contribution in [0.3, 0.4) is 0 Å². The van der Waals surface area contributed by atoms with Crippen molar-refractivity contribution < 1.29 is 18.8 Å². The van der Waals surface area contributed by atoms with Gasteiger partial charge in [0.2, 0.25) is 5.82 Å². The van der Waals surface area contributed by atoms with Crippen LogP contribution in [0.15, 0.2) is 38.4 Å². The average molecular weight is 468 g/mol. The monoisotopic (exact) mass is 468 g/mol. The van der Waals surface area contributed by atoms with Crippen LogP contribution in [0.5, 0.6) is 0 Å². The molecule has 0 unspecified atom stereocenters. The molecular formula is C22H24N6O6. The van der Waals surface area contributed by atoms with Gasteiger partial charge in [-0.05, 0) is 38.8 Å². The molecule has 4 rings (SSSR count). The molecule has 12 nitrogen and oxygen atoms in total. The first-order valence-corrected chi connectivity index (χ1v) is 10.9. The molecule has 0 radical (unpaired) electrons. The van der Waals surface area contributed by atoms with Gasteiger partial charge in [-0.2, -0.15) is 14.8 Å². The molecule has 1 aliphatic heterocycles. The zero-order chi connectivity index (χ0) is 24.4. The van der Waals surface area contributed by atoms with Gasteiger partial charge < -0.3 is 14.2 Å². The van der Waals surface area contributed by atoms with Crippen molar-refractivity contribution in [3.8, 4) is 17.2 Å². The molecule has 3 aromatic rings. The molecule has 0 saturated carbocycles. The predicted molar refractivity (Wildman–Crippen MR) is 118 cm³/mol. The molecular weight excluding hydrogens is 444 g/mol. The minimum atomic E-state index is -0.719. The third kappa shape index (κ3) is 4.38. The lowest BCUT2D eigenvalue weighted by Gasteiger charge is -2.29. The van der Waals surface area contributed by atoms with Gasteiger partial charge in [-0.3, -0.25) is 19.0 Å². The Hall–Kier alpha value is -4.09. The summed E-state index contributed by atoms with van der Waals surface area (Å²) in [6.45, 7) is 4.63. The van der Waals surface area contributed by atoms with E-state index in [-0.39, 0.29) is 29.3 Å². The van der Waals surface area contributed by atoms with Gasteiger partial charge in [0.25, 0.3) is 5.56 Å². The molecule has 12 heteroatoms. The fourth-order valence-electron chi connectivity index (χ4n) is 3.69. The van der Waals surface area contributed by atoms with Crippen molar-refractivity contribution in [1.29, 1.82) is 0 Å². The minimum Gasteiger partial charge on any atom is -0.466 e. The second-order valence-corrected chi connectivity index (χ2v) is 7.98. The number of aromatic nitrogens is 5. The van der Waals surface area contributed by atoms with Gasteiger partial charge in [-0.15, -0.1) is 0 Å². The maximum Gasteiger partial charge on any atom is 0.351 e. The molecule has 1 fully saturated rings. The summed E-state index contributed by atoms with van der Waals surface area (Å²) in [6, 6.07) is 7.01. The minimum absolute atomic E-state index is 0.203. The lowest BCUT2D eigenvalue weighted by atomic mass is 9.97. The average Bonchev–Trinajstić information content (AvgIpc) is 3.33. The van der Waals surface area contributed by atoms with Crippen molar-refractivity contribution in [3.63, 3.8) is 0 Å². The number of hydrogen-bond donors (Lipinski definition) is 0. The Morgan fingerprint density at radius 3 is 2.47 bits per heavy atom. The normalized spacial score (nSPS) is 14.3. The summed E-state index contributed by atoms with van der Waals surface area (Å²) in [4.78, 5) is 55.6. The lowest BCUT2D eigenvalue weighted by Crippen LogP contribution is -2.41. The second kappa shape index (κ2) is 9.41. The van der Waals surface area contributed by atoms with E-state index in [0.29, 0.717) is 38.2 Å². The number of carbonyl (C=O) groups is 2. The van der Waals surface area contributed by atoms with Crippen LogP contribution < -0.4 is 11.2 Å². The van der Waals surface area contributed by atoms with E-state index in [0.717, 1.165) is 14.8 Å². The second-order valence-electron chi connectivity index (χ2n) is 7.98. The molecule has 0 atom stereocenters. The van der Waals surface area contributed by atoms with E-state index < -0.39 is 17.2 Å². The summed E-state index contributed by atoms with van der Waals surface area (Å²) in [7, 11) is 1.32. The molecule has 1 saturated heterocycles. The maximum atomic E-state index is 12.8. The Morgan fingerprint density at radius 2 is 1.82 bits per heavy atom. The van der Waals surface area contributed by atoms with E-state index in [1.54, 1.807) is 19.1 Å².